The quantitative estimate of drug-likeness (QED) is 0.599. The minimum absolute atomic E-state index is 0.0230. The molecule has 2 N–H and O–H groups in total. The van der Waals surface area contributed by atoms with Crippen LogP contribution in [-0.4, -0.2) is 24.1 Å². The second-order valence-electron chi connectivity index (χ2n) is 6.43. The van der Waals surface area contributed by atoms with E-state index in [9.17, 15) is 18.0 Å². The van der Waals surface area contributed by atoms with E-state index in [4.69, 9.17) is 9.47 Å². The number of carbonyl (C=O) groups excluding carboxylic acids is 1. The van der Waals surface area contributed by atoms with Gasteiger partial charge in [-0.2, -0.15) is 13.2 Å². The Labute approximate surface area is 173 Å². The lowest BCUT2D eigenvalue weighted by Crippen LogP contribution is -2.17. The third kappa shape index (κ3) is 4.82. The molecule has 2 heterocycles. The third-order valence-corrected chi connectivity index (χ3v) is 4.97. The molecular formula is C20H16F3N3O3S. The van der Waals surface area contributed by atoms with E-state index in [1.807, 2.05) is 0 Å². The van der Waals surface area contributed by atoms with Gasteiger partial charge in [0.2, 0.25) is 5.91 Å². The van der Waals surface area contributed by atoms with Gasteiger partial charge in [0.05, 0.1) is 17.7 Å². The summed E-state index contributed by atoms with van der Waals surface area (Å²) in [6.45, 7) is 0.935. The number of halogens is 3. The van der Waals surface area contributed by atoms with E-state index in [0.717, 1.165) is 12.1 Å². The van der Waals surface area contributed by atoms with Gasteiger partial charge in [-0.1, -0.05) is 6.07 Å². The number of alkyl halides is 3. The number of ether oxygens (including phenoxy) is 2. The second-order valence-corrected chi connectivity index (χ2v) is 7.29. The molecule has 0 aliphatic carbocycles. The second kappa shape index (κ2) is 8.23. The normalized spacial score (nSPS) is 13.0. The molecule has 1 amide bonds. The monoisotopic (exact) mass is 435 g/mol. The van der Waals surface area contributed by atoms with Crippen molar-refractivity contribution in [2.24, 2.45) is 0 Å². The Hall–Kier alpha value is -3.27. The number of nitrogens with zero attached hydrogens (tertiary/aromatic N) is 1. The summed E-state index contributed by atoms with van der Waals surface area (Å²) >= 11 is 1.20. The zero-order valence-corrected chi connectivity index (χ0v) is 16.3. The molecule has 4 rings (SSSR count). The van der Waals surface area contributed by atoms with Gasteiger partial charge in [-0.25, -0.2) is 4.98 Å². The van der Waals surface area contributed by atoms with Gasteiger partial charge in [0.15, 0.2) is 16.6 Å². The molecule has 30 heavy (non-hydrogen) atoms. The Morgan fingerprint density at radius 1 is 1.07 bits per heavy atom. The average Bonchev–Trinajstić information content (AvgIpc) is 3.14. The van der Waals surface area contributed by atoms with Gasteiger partial charge < -0.3 is 20.1 Å². The van der Waals surface area contributed by atoms with Gasteiger partial charge in [0, 0.05) is 22.8 Å². The summed E-state index contributed by atoms with van der Waals surface area (Å²) in [4.78, 5) is 16.6. The summed E-state index contributed by atoms with van der Waals surface area (Å²) in [6, 6.07) is 9.98. The molecule has 0 spiro atoms. The minimum Gasteiger partial charge on any atom is -0.486 e. The number of hydrogen-bond donors (Lipinski definition) is 2. The van der Waals surface area contributed by atoms with Crippen LogP contribution in [0.4, 0.5) is 29.7 Å². The molecule has 1 aliphatic heterocycles. The average molecular weight is 435 g/mol. The number of amides is 1. The summed E-state index contributed by atoms with van der Waals surface area (Å²) in [5, 5.41) is 7.69. The number of nitrogens with one attached hydrogen (secondary N) is 2. The highest BCUT2D eigenvalue weighted by atomic mass is 32.1. The zero-order chi connectivity index (χ0) is 21.1. The highest BCUT2D eigenvalue weighted by Gasteiger charge is 2.30. The maximum atomic E-state index is 12.8. The molecule has 0 bridgehead atoms. The van der Waals surface area contributed by atoms with E-state index in [1.54, 1.807) is 23.6 Å². The fraction of sp³-hybridized carbons (Fsp3) is 0.200. The molecule has 2 aromatic carbocycles. The van der Waals surface area contributed by atoms with Crippen molar-refractivity contribution in [3.63, 3.8) is 0 Å². The van der Waals surface area contributed by atoms with Crippen LogP contribution < -0.4 is 20.1 Å². The number of hydrogen-bond acceptors (Lipinski definition) is 6. The Balaban J connectivity index is 1.37. The van der Waals surface area contributed by atoms with Crippen molar-refractivity contribution in [3.05, 3.63) is 59.1 Å². The maximum absolute atomic E-state index is 12.8. The largest absolute Gasteiger partial charge is 0.486 e. The Morgan fingerprint density at radius 2 is 1.87 bits per heavy atom. The van der Waals surface area contributed by atoms with Gasteiger partial charge in [-0.3, -0.25) is 4.79 Å². The first-order valence-electron chi connectivity index (χ1n) is 8.95. The van der Waals surface area contributed by atoms with Crippen molar-refractivity contribution in [2.75, 3.05) is 23.8 Å². The topological polar surface area (TPSA) is 72.5 Å². The Bertz CT molecular complexity index is 1070. The number of rotatable bonds is 5. The van der Waals surface area contributed by atoms with Crippen LogP contribution in [0.1, 0.15) is 11.3 Å². The predicted octanol–water partition coefficient (Wildman–Crippen LogP) is 4.86. The van der Waals surface area contributed by atoms with Crippen LogP contribution in [0.25, 0.3) is 0 Å². The summed E-state index contributed by atoms with van der Waals surface area (Å²) in [5.74, 6) is 0.923. The van der Waals surface area contributed by atoms with Gasteiger partial charge in [-0.05, 0) is 30.3 Å². The SMILES string of the molecule is O=C(Cc1csc(Nc2cccc(C(F)(F)F)c2)n1)Nc1ccc2c(c1)OCCO2. The minimum atomic E-state index is -4.42. The van der Waals surface area contributed by atoms with E-state index in [2.05, 4.69) is 15.6 Å². The van der Waals surface area contributed by atoms with Crippen molar-refractivity contribution in [2.45, 2.75) is 12.6 Å². The van der Waals surface area contributed by atoms with Crippen LogP contribution in [0.15, 0.2) is 47.8 Å². The van der Waals surface area contributed by atoms with Gasteiger partial charge in [0.1, 0.15) is 13.2 Å². The number of thiazole rings is 1. The molecule has 0 unspecified atom stereocenters. The number of aromatic nitrogens is 1. The van der Waals surface area contributed by atoms with Crippen LogP contribution in [0.3, 0.4) is 0 Å². The maximum Gasteiger partial charge on any atom is 0.416 e. The molecule has 0 saturated heterocycles. The molecule has 1 aromatic heterocycles. The summed E-state index contributed by atoms with van der Waals surface area (Å²) in [6.07, 6.45) is -4.40. The van der Waals surface area contributed by atoms with Crippen molar-refractivity contribution in [1.29, 1.82) is 0 Å². The van der Waals surface area contributed by atoms with Crippen molar-refractivity contribution >= 4 is 33.8 Å². The molecular weight excluding hydrogens is 419 g/mol. The lowest BCUT2D eigenvalue weighted by atomic mass is 10.2. The van der Waals surface area contributed by atoms with Gasteiger partial charge in [0.25, 0.3) is 0 Å². The highest BCUT2D eigenvalue weighted by molar-refractivity contribution is 7.13. The fourth-order valence-electron chi connectivity index (χ4n) is 2.83. The molecule has 156 valence electrons. The smallest absolute Gasteiger partial charge is 0.416 e. The summed E-state index contributed by atoms with van der Waals surface area (Å²) in [7, 11) is 0. The third-order valence-electron chi connectivity index (χ3n) is 4.16. The van der Waals surface area contributed by atoms with E-state index in [-0.39, 0.29) is 18.0 Å². The predicted molar refractivity (Wildman–Crippen MR) is 107 cm³/mol. The number of carbonyl (C=O) groups is 1. The molecule has 0 fully saturated rings. The Kier molecular flexibility index (Phi) is 5.49. The van der Waals surface area contributed by atoms with Crippen LogP contribution in [0.5, 0.6) is 11.5 Å². The lowest BCUT2D eigenvalue weighted by Gasteiger charge is -2.18. The zero-order valence-electron chi connectivity index (χ0n) is 15.5. The van der Waals surface area contributed by atoms with Crippen molar-refractivity contribution in [3.8, 4) is 11.5 Å². The van der Waals surface area contributed by atoms with Crippen LogP contribution in [0, 0.1) is 0 Å². The van der Waals surface area contributed by atoms with Crippen LogP contribution >= 0.6 is 11.3 Å². The van der Waals surface area contributed by atoms with Crippen molar-refractivity contribution < 1.29 is 27.4 Å². The molecule has 0 atom stereocenters. The summed E-state index contributed by atoms with van der Waals surface area (Å²) in [5.41, 5.74) is 0.598. The summed E-state index contributed by atoms with van der Waals surface area (Å²) < 4.78 is 49.4. The first-order valence-corrected chi connectivity index (χ1v) is 9.83. The molecule has 10 heteroatoms. The van der Waals surface area contributed by atoms with E-state index < -0.39 is 11.7 Å². The number of benzene rings is 2. The van der Waals surface area contributed by atoms with E-state index >= 15 is 0 Å². The molecule has 3 aromatic rings. The standard InChI is InChI=1S/C20H16F3N3O3S/c21-20(22,23)12-2-1-3-13(8-12)25-19-26-15(11-30-19)10-18(27)24-14-4-5-16-17(9-14)29-7-6-28-16/h1-5,8-9,11H,6-7,10H2,(H,24,27)(H,25,26). The number of anilines is 3. The van der Waals surface area contributed by atoms with E-state index in [0.29, 0.717) is 41.2 Å². The first kappa shape index (κ1) is 20.0. The fourth-order valence-corrected chi connectivity index (χ4v) is 3.56. The van der Waals surface area contributed by atoms with Crippen LogP contribution in [-0.2, 0) is 17.4 Å². The lowest BCUT2D eigenvalue weighted by molar-refractivity contribution is -0.137. The molecule has 0 saturated carbocycles. The highest BCUT2D eigenvalue weighted by Crippen LogP contribution is 2.33. The van der Waals surface area contributed by atoms with Gasteiger partial charge >= 0.3 is 6.18 Å². The van der Waals surface area contributed by atoms with Crippen molar-refractivity contribution in [1.82, 2.24) is 4.98 Å². The molecule has 6 nitrogen and oxygen atoms in total. The molecule has 1 aliphatic rings. The number of fused-ring (bicyclic) bond motifs is 1. The van der Waals surface area contributed by atoms with Gasteiger partial charge in [-0.15, -0.1) is 11.3 Å². The molecule has 0 radical (unpaired) electrons. The first-order chi connectivity index (χ1) is 14.4. The van der Waals surface area contributed by atoms with Crippen LogP contribution in [0.2, 0.25) is 0 Å². The van der Waals surface area contributed by atoms with E-state index in [1.165, 1.54) is 23.5 Å². The Morgan fingerprint density at radius 3 is 2.67 bits per heavy atom.